The fourth-order valence-electron chi connectivity index (χ4n) is 3.06. The number of likely N-dealkylation sites (tertiary alicyclic amines) is 1. The van der Waals surface area contributed by atoms with E-state index < -0.39 is 11.5 Å². The van der Waals surface area contributed by atoms with Gasteiger partial charge < -0.3 is 15.3 Å². The fraction of sp³-hybridized carbons (Fsp3) is 0.857. The van der Waals surface area contributed by atoms with Crippen LogP contribution in [-0.2, 0) is 4.79 Å². The summed E-state index contributed by atoms with van der Waals surface area (Å²) in [7, 11) is 0. The lowest BCUT2D eigenvalue weighted by Gasteiger charge is -2.34. The van der Waals surface area contributed by atoms with Crippen molar-refractivity contribution in [2.24, 2.45) is 5.92 Å². The molecule has 1 atom stereocenters. The van der Waals surface area contributed by atoms with E-state index in [-0.39, 0.29) is 6.03 Å². The summed E-state index contributed by atoms with van der Waals surface area (Å²) >= 11 is 0. The number of aliphatic carboxylic acids is 1. The van der Waals surface area contributed by atoms with Crippen LogP contribution in [0.5, 0.6) is 0 Å². The van der Waals surface area contributed by atoms with Gasteiger partial charge in [0.05, 0.1) is 0 Å². The lowest BCUT2D eigenvalue weighted by molar-refractivity contribution is -0.148. The average Bonchev–Trinajstić information content (AvgIpc) is 3.08. The fourth-order valence-corrected chi connectivity index (χ4v) is 3.06. The molecule has 1 aliphatic carbocycles. The van der Waals surface area contributed by atoms with Crippen molar-refractivity contribution in [2.75, 3.05) is 13.1 Å². The Balaban J connectivity index is 1.94. The van der Waals surface area contributed by atoms with Crippen LogP contribution in [0.1, 0.15) is 51.9 Å². The highest BCUT2D eigenvalue weighted by Gasteiger charge is 2.49. The van der Waals surface area contributed by atoms with Crippen LogP contribution in [0.4, 0.5) is 4.79 Å². The highest BCUT2D eigenvalue weighted by molar-refractivity contribution is 5.87. The summed E-state index contributed by atoms with van der Waals surface area (Å²) in [6.45, 7) is 3.19. The summed E-state index contributed by atoms with van der Waals surface area (Å²) in [5.41, 5.74) is -0.974. The number of hydrogen-bond acceptors (Lipinski definition) is 2. The predicted molar refractivity (Wildman–Crippen MR) is 72.0 cm³/mol. The van der Waals surface area contributed by atoms with Crippen LogP contribution < -0.4 is 5.32 Å². The van der Waals surface area contributed by atoms with Crippen molar-refractivity contribution in [2.45, 2.75) is 57.4 Å². The number of nitrogens with zero attached hydrogens (tertiary/aromatic N) is 1. The lowest BCUT2D eigenvalue weighted by Crippen LogP contribution is -2.56. The molecule has 0 aromatic heterocycles. The molecule has 2 amide bonds. The zero-order valence-corrected chi connectivity index (χ0v) is 11.7. The van der Waals surface area contributed by atoms with Gasteiger partial charge in [-0.2, -0.15) is 0 Å². The van der Waals surface area contributed by atoms with E-state index in [9.17, 15) is 14.7 Å². The maximum atomic E-state index is 12.2. The van der Waals surface area contributed by atoms with Gasteiger partial charge in [0.15, 0.2) is 0 Å². The number of carbonyl (C=O) groups excluding carboxylic acids is 1. The van der Waals surface area contributed by atoms with Crippen molar-refractivity contribution in [3.63, 3.8) is 0 Å². The van der Waals surface area contributed by atoms with E-state index in [1.807, 2.05) is 6.92 Å². The van der Waals surface area contributed by atoms with Crippen molar-refractivity contribution in [3.05, 3.63) is 0 Å². The molecular formula is C14H24N2O3. The van der Waals surface area contributed by atoms with Crippen LogP contribution >= 0.6 is 0 Å². The van der Waals surface area contributed by atoms with Crippen molar-refractivity contribution in [1.29, 1.82) is 0 Å². The van der Waals surface area contributed by atoms with Gasteiger partial charge in [0.1, 0.15) is 5.54 Å². The first-order chi connectivity index (χ1) is 9.10. The molecule has 0 bridgehead atoms. The molecule has 2 rings (SSSR count). The number of rotatable bonds is 6. The second-order valence-corrected chi connectivity index (χ2v) is 5.81. The monoisotopic (exact) mass is 268 g/mol. The van der Waals surface area contributed by atoms with E-state index in [1.54, 1.807) is 4.90 Å². The molecule has 2 aliphatic rings. The molecule has 2 fully saturated rings. The molecule has 1 heterocycles. The first-order valence-corrected chi connectivity index (χ1v) is 7.39. The number of carboxylic acid groups (broad SMARTS) is 1. The lowest BCUT2D eigenvalue weighted by atomic mass is 9.91. The van der Waals surface area contributed by atoms with E-state index in [4.69, 9.17) is 0 Å². The minimum absolute atomic E-state index is 0.200. The molecule has 5 nitrogen and oxygen atoms in total. The predicted octanol–water partition coefficient (Wildman–Crippen LogP) is 2.22. The van der Waals surface area contributed by atoms with Crippen LogP contribution in [0.15, 0.2) is 0 Å². The Hall–Kier alpha value is -1.26. The van der Waals surface area contributed by atoms with Crippen LogP contribution in [0.3, 0.4) is 0 Å². The summed E-state index contributed by atoms with van der Waals surface area (Å²) in [6.07, 6.45) is 6.24. The standard InChI is InChI=1S/C14H24N2O3/c1-2-7-14(12(17)18)8-3-10-16(14)13(19)15-9-6-11-4-5-11/h11H,2-10H2,1H3,(H,15,19)(H,17,18). The molecule has 1 unspecified atom stereocenters. The highest BCUT2D eigenvalue weighted by atomic mass is 16.4. The maximum Gasteiger partial charge on any atom is 0.329 e. The number of nitrogens with one attached hydrogen (secondary N) is 1. The third kappa shape index (κ3) is 3.01. The summed E-state index contributed by atoms with van der Waals surface area (Å²) in [6, 6.07) is -0.200. The van der Waals surface area contributed by atoms with E-state index >= 15 is 0 Å². The van der Waals surface area contributed by atoms with E-state index in [0.29, 0.717) is 25.9 Å². The number of carboxylic acids is 1. The minimum Gasteiger partial charge on any atom is -0.479 e. The Bertz CT molecular complexity index is 355. The van der Waals surface area contributed by atoms with E-state index in [1.165, 1.54) is 12.8 Å². The molecule has 19 heavy (non-hydrogen) atoms. The van der Waals surface area contributed by atoms with Crippen molar-refractivity contribution >= 4 is 12.0 Å². The van der Waals surface area contributed by atoms with Crippen LogP contribution in [0.2, 0.25) is 0 Å². The average molecular weight is 268 g/mol. The van der Waals surface area contributed by atoms with Gasteiger partial charge in [0.25, 0.3) is 0 Å². The van der Waals surface area contributed by atoms with Crippen LogP contribution in [-0.4, -0.2) is 40.6 Å². The SMILES string of the molecule is CCCC1(C(=O)O)CCCN1C(=O)NCCC1CC1. The molecule has 108 valence electrons. The summed E-state index contributed by atoms with van der Waals surface area (Å²) in [5, 5.41) is 12.4. The second-order valence-electron chi connectivity index (χ2n) is 5.81. The molecule has 2 N–H and O–H groups in total. The Kier molecular flexibility index (Phi) is 4.32. The molecule has 5 heteroatoms. The summed E-state index contributed by atoms with van der Waals surface area (Å²) in [4.78, 5) is 25.3. The van der Waals surface area contributed by atoms with Crippen molar-refractivity contribution in [3.8, 4) is 0 Å². The Morgan fingerprint density at radius 1 is 1.42 bits per heavy atom. The summed E-state index contributed by atoms with van der Waals surface area (Å²) < 4.78 is 0. The number of carbonyl (C=O) groups is 2. The normalized spacial score (nSPS) is 26.5. The van der Waals surface area contributed by atoms with Crippen LogP contribution in [0, 0.1) is 5.92 Å². The number of amides is 2. The van der Waals surface area contributed by atoms with Gasteiger partial charge in [-0.25, -0.2) is 9.59 Å². The summed E-state index contributed by atoms with van der Waals surface area (Å²) in [5.74, 6) is -0.0806. The van der Waals surface area contributed by atoms with E-state index in [2.05, 4.69) is 5.32 Å². The van der Waals surface area contributed by atoms with Crippen molar-refractivity contribution in [1.82, 2.24) is 10.2 Å². The largest absolute Gasteiger partial charge is 0.479 e. The molecule has 0 aromatic rings. The Morgan fingerprint density at radius 2 is 2.16 bits per heavy atom. The van der Waals surface area contributed by atoms with Gasteiger partial charge in [-0.3, -0.25) is 0 Å². The first kappa shape index (κ1) is 14.2. The molecule has 1 saturated heterocycles. The molecule has 0 radical (unpaired) electrons. The molecule has 0 aromatic carbocycles. The zero-order valence-electron chi connectivity index (χ0n) is 11.7. The smallest absolute Gasteiger partial charge is 0.329 e. The molecule has 0 spiro atoms. The van der Waals surface area contributed by atoms with Crippen molar-refractivity contribution < 1.29 is 14.7 Å². The first-order valence-electron chi connectivity index (χ1n) is 7.39. The van der Waals surface area contributed by atoms with Gasteiger partial charge in [-0.05, 0) is 31.6 Å². The molecule has 1 aliphatic heterocycles. The van der Waals surface area contributed by atoms with Crippen LogP contribution in [0.25, 0.3) is 0 Å². The second kappa shape index (κ2) is 5.80. The third-order valence-corrected chi connectivity index (χ3v) is 4.32. The van der Waals surface area contributed by atoms with E-state index in [0.717, 1.165) is 25.2 Å². The quantitative estimate of drug-likeness (QED) is 0.776. The third-order valence-electron chi connectivity index (χ3n) is 4.32. The Morgan fingerprint density at radius 3 is 2.74 bits per heavy atom. The van der Waals surface area contributed by atoms with Gasteiger partial charge >= 0.3 is 12.0 Å². The van der Waals surface area contributed by atoms with Gasteiger partial charge in [0, 0.05) is 13.1 Å². The van der Waals surface area contributed by atoms with Gasteiger partial charge in [-0.1, -0.05) is 26.2 Å². The number of hydrogen-bond donors (Lipinski definition) is 2. The van der Waals surface area contributed by atoms with Gasteiger partial charge in [-0.15, -0.1) is 0 Å². The highest BCUT2D eigenvalue weighted by Crippen LogP contribution is 2.34. The maximum absolute atomic E-state index is 12.2. The molecular weight excluding hydrogens is 244 g/mol. The Labute approximate surface area is 114 Å². The minimum atomic E-state index is -0.974. The van der Waals surface area contributed by atoms with Gasteiger partial charge in [0.2, 0.25) is 0 Å². The zero-order chi connectivity index (χ0) is 13.9. The molecule has 1 saturated carbocycles. The topological polar surface area (TPSA) is 69.6 Å². The number of urea groups is 1.